The molecule has 0 aliphatic heterocycles. The molecule has 12 rings (SSSR count). The number of hydrogen-bond acceptors (Lipinski definition) is 4. The molecule has 0 spiro atoms. The van der Waals surface area contributed by atoms with Gasteiger partial charge < -0.3 is 4.90 Å². The molecule has 0 amide bonds. The quantitative estimate of drug-likeness (QED) is 0.137. The molecule has 0 saturated carbocycles. The monoisotopic (exact) mass is 869 g/mol. The number of fused-ring (bicyclic) bond motifs is 3. The third-order valence-electron chi connectivity index (χ3n) is 12.6. The molecule has 0 saturated heterocycles. The minimum atomic E-state index is 0.530. The van der Waals surface area contributed by atoms with Gasteiger partial charge in [-0.2, -0.15) is 9.97 Å². The third kappa shape index (κ3) is 7.68. The second kappa shape index (κ2) is 17.7. The Bertz CT molecular complexity index is 3650. The normalized spacial score (nSPS) is 11.2. The Morgan fingerprint density at radius 1 is 0.279 bits per heavy atom. The molecule has 12 aromatic rings. The molecule has 10 aromatic carbocycles. The van der Waals surface area contributed by atoms with Crippen LogP contribution in [0.2, 0.25) is 0 Å². The first-order valence-electron chi connectivity index (χ1n) is 22.9. The van der Waals surface area contributed by atoms with E-state index in [0.717, 1.165) is 88.9 Å². The van der Waals surface area contributed by atoms with Crippen LogP contribution in [0.25, 0.3) is 95.0 Å². The van der Waals surface area contributed by atoms with Crippen LogP contribution in [0, 0.1) is 0 Å². The Hall–Kier alpha value is -9.19. The molecule has 0 aliphatic rings. The first-order valence-corrected chi connectivity index (χ1v) is 22.9. The average Bonchev–Trinajstić information content (AvgIpc) is 3.77. The maximum absolute atomic E-state index is 5.45. The molecule has 5 nitrogen and oxygen atoms in total. The van der Waals surface area contributed by atoms with Gasteiger partial charge in [-0.3, -0.25) is 4.57 Å². The number of aromatic nitrogens is 4. The number of anilines is 3. The number of hydrogen-bond donors (Lipinski definition) is 0. The molecule has 2 heterocycles. The number of nitrogens with zero attached hydrogens (tertiary/aromatic N) is 5. The number of para-hydroxylation sites is 3. The highest BCUT2D eigenvalue weighted by atomic mass is 15.2. The Balaban J connectivity index is 1.06. The molecular formula is C63H43N5. The summed E-state index contributed by atoms with van der Waals surface area (Å²) in [4.78, 5) is 18.4. The average molecular weight is 870 g/mol. The molecule has 0 N–H and O–H groups in total. The third-order valence-corrected chi connectivity index (χ3v) is 12.6. The molecule has 0 fully saturated rings. The van der Waals surface area contributed by atoms with Gasteiger partial charge in [-0.15, -0.1) is 0 Å². The van der Waals surface area contributed by atoms with Gasteiger partial charge in [0, 0.05) is 33.3 Å². The lowest BCUT2D eigenvalue weighted by Crippen LogP contribution is -2.12. The van der Waals surface area contributed by atoms with Crippen LogP contribution in [0.4, 0.5) is 17.1 Å². The van der Waals surface area contributed by atoms with Gasteiger partial charge in [0.1, 0.15) is 0 Å². The predicted octanol–water partition coefficient (Wildman–Crippen LogP) is 16.4. The zero-order valence-corrected chi connectivity index (χ0v) is 37.1. The Kier molecular flexibility index (Phi) is 10.5. The van der Waals surface area contributed by atoms with Crippen LogP contribution in [-0.4, -0.2) is 19.5 Å². The lowest BCUT2D eigenvalue weighted by Gasteiger charge is -2.27. The molecule has 5 heteroatoms. The molecule has 68 heavy (non-hydrogen) atoms. The van der Waals surface area contributed by atoms with Crippen LogP contribution in [-0.2, 0) is 0 Å². The summed E-state index contributed by atoms with van der Waals surface area (Å²) < 4.78 is 2.23. The molecule has 2 aromatic heterocycles. The Labute approximate surface area is 395 Å². The largest absolute Gasteiger partial charge is 0.308 e. The van der Waals surface area contributed by atoms with E-state index < -0.39 is 0 Å². The van der Waals surface area contributed by atoms with E-state index in [-0.39, 0.29) is 0 Å². The minimum absolute atomic E-state index is 0.530. The summed E-state index contributed by atoms with van der Waals surface area (Å²) in [5.41, 5.74) is 16.0. The van der Waals surface area contributed by atoms with E-state index >= 15 is 0 Å². The highest BCUT2D eigenvalue weighted by Crippen LogP contribution is 2.44. The van der Waals surface area contributed by atoms with E-state index in [9.17, 15) is 0 Å². The van der Waals surface area contributed by atoms with Crippen LogP contribution in [0.1, 0.15) is 0 Å². The van der Waals surface area contributed by atoms with Gasteiger partial charge in [-0.05, 0) is 105 Å². The standard InChI is InChI=1S/C63H43N5/c1-6-20-44(21-7-1)47-36-38-55(39-37-47)67(54-30-14-5-15-31-54)59-35-19-33-57-56-32-16-17-34-58(56)68(60(57)59)63-65-61(48-26-12-4-13-27-48)64-62(66-63)50-29-18-28-49(40-50)53-42-51(45-22-8-2-9-23-45)41-52(43-53)46-24-10-3-11-25-46/h1-43H. The smallest absolute Gasteiger partial charge is 0.238 e. The summed E-state index contributed by atoms with van der Waals surface area (Å²) in [6.45, 7) is 0. The maximum atomic E-state index is 5.45. The highest BCUT2D eigenvalue weighted by Gasteiger charge is 2.24. The molecular weight excluding hydrogens is 827 g/mol. The van der Waals surface area contributed by atoms with Gasteiger partial charge in [0.2, 0.25) is 5.95 Å². The summed E-state index contributed by atoms with van der Waals surface area (Å²) in [5.74, 6) is 1.70. The highest BCUT2D eigenvalue weighted by molar-refractivity contribution is 6.14. The fraction of sp³-hybridized carbons (Fsp3) is 0. The summed E-state index contributed by atoms with van der Waals surface area (Å²) in [6, 6.07) is 91.8. The van der Waals surface area contributed by atoms with Crippen molar-refractivity contribution < 1.29 is 0 Å². The van der Waals surface area contributed by atoms with E-state index in [1.165, 1.54) is 5.56 Å². The second-order valence-electron chi connectivity index (χ2n) is 16.9. The molecule has 0 aliphatic carbocycles. The van der Waals surface area contributed by atoms with Gasteiger partial charge in [0.15, 0.2) is 11.6 Å². The van der Waals surface area contributed by atoms with E-state index in [1.54, 1.807) is 0 Å². The fourth-order valence-corrected chi connectivity index (χ4v) is 9.36. The predicted molar refractivity (Wildman–Crippen MR) is 281 cm³/mol. The Morgan fingerprint density at radius 2 is 0.691 bits per heavy atom. The van der Waals surface area contributed by atoms with Crippen molar-refractivity contribution in [2.24, 2.45) is 0 Å². The van der Waals surface area contributed by atoms with E-state index in [4.69, 9.17) is 15.0 Å². The SMILES string of the molecule is c1ccc(-c2ccc(N(c3ccccc3)c3cccc4c5ccccc5n(-c5nc(-c6ccccc6)nc(-c6cccc(-c7cc(-c8ccccc8)cc(-c8ccccc8)c7)c6)n5)c34)cc2)cc1. The molecule has 320 valence electrons. The first kappa shape index (κ1) is 40.3. The van der Waals surface area contributed by atoms with Crippen molar-refractivity contribution in [2.45, 2.75) is 0 Å². The van der Waals surface area contributed by atoms with Crippen molar-refractivity contribution in [2.75, 3.05) is 4.90 Å². The molecule has 0 radical (unpaired) electrons. The van der Waals surface area contributed by atoms with Crippen LogP contribution >= 0.6 is 0 Å². The van der Waals surface area contributed by atoms with E-state index in [0.29, 0.717) is 17.6 Å². The summed E-state index contributed by atoms with van der Waals surface area (Å²) in [6.07, 6.45) is 0. The zero-order valence-electron chi connectivity index (χ0n) is 37.1. The van der Waals surface area contributed by atoms with Crippen LogP contribution in [0.3, 0.4) is 0 Å². The lowest BCUT2D eigenvalue weighted by atomic mass is 9.93. The fourth-order valence-electron chi connectivity index (χ4n) is 9.36. The van der Waals surface area contributed by atoms with Crippen LogP contribution < -0.4 is 4.90 Å². The summed E-state index contributed by atoms with van der Waals surface area (Å²) in [5, 5.41) is 2.20. The lowest BCUT2D eigenvalue weighted by molar-refractivity contribution is 0.952. The van der Waals surface area contributed by atoms with Gasteiger partial charge >= 0.3 is 0 Å². The summed E-state index contributed by atoms with van der Waals surface area (Å²) in [7, 11) is 0. The maximum Gasteiger partial charge on any atom is 0.238 e. The molecule has 0 bridgehead atoms. The van der Waals surface area contributed by atoms with Gasteiger partial charge in [-0.1, -0.05) is 200 Å². The number of rotatable bonds is 10. The zero-order chi connectivity index (χ0) is 45.2. The molecule has 0 atom stereocenters. The minimum Gasteiger partial charge on any atom is -0.308 e. The topological polar surface area (TPSA) is 46.8 Å². The van der Waals surface area contributed by atoms with E-state index in [2.05, 4.69) is 252 Å². The van der Waals surface area contributed by atoms with E-state index in [1.807, 2.05) is 18.2 Å². The second-order valence-corrected chi connectivity index (χ2v) is 16.9. The number of benzene rings is 10. The Morgan fingerprint density at radius 3 is 1.31 bits per heavy atom. The summed E-state index contributed by atoms with van der Waals surface area (Å²) >= 11 is 0. The van der Waals surface area contributed by atoms with Crippen molar-refractivity contribution in [3.05, 3.63) is 261 Å². The van der Waals surface area contributed by atoms with Crippen LogP contribution in [0.5, 0.6) is 0 Å². The van der Waals surface area contributed by atoms with Crippen molar-refractivity contribution >= 4 is 38.9 Å². The van der Waals surface area contributed by atoms with Crippen molar-refractivity contribution in [1.29, 1.82) is 0 Å². The van der Waals surface area contributed by atoms with Crippen molar-refractivity contribution in [3.8, 4) is 73.2 Å². The van der Waals surface area contributed by atoms with Gasteiger partial charge in [-0.25, -0.2) is 4.98 Å². The van der Waals surface area contributed by atoms with Crippen LogP contribution in [0.15, 0.2) is 261 Å². The van der Waals surface area contributed by atoms with Crippen molar-refractivity contribution in [1.82, 2.24) is 19.5 Å². The van der Waals surface area contributed by atoms with Gasteiger partial charge in [0.05, 0.1) is 16.7 Å². The van der Waals surface area contributed by atoms with Gasteiger partial charge in [0.25, 0.3) is 0 Å². The first-order chi connectivity index (χ1) is 33.7. The molecule has 0 unspecified atom stereocenters. The van der Waals surface area contributed by atoms with Crippen molar-refractivity contribution in [3.63, 3.8) is 0 Å².